The number of carboxylic acids is 1. The first kappa shape index (κ1) is 13.3. The molecular weight excluding hydrogens is 272 g/mol. The van der Waals surface area contributed by atoms with Crippen molar-refractivity contribution in [3.63, 3.8) is 0 Å². The number of aromatic nitrogens is 3. The Bertz CT molecular complexity index is 656. The van der Waals surface area contributed by atoms with Crippen molar-refractivity contribution in [3.8, 4) is 0 Å². The van der Waals surface area contributed by atoms with E-state index in [0.29, 0.717) is 18.5 Å². The van der Waals surface area contributed by atoms with E-state index in [0.717, 1.165) is 0 Å². The third-order valence-electron chi connectivity index (χ3n) is 3.93. The van der Waals surface area contributed by atoms with Crippen molar-refractivity contribution in [1.29, 1.82) is 0 Å². The number of amides is 1. The predicted molar refractivity (Wildman–Crippen MR) is 72.7 cm³/mol. The lowest BCUT2D eigenvalue weighted by atomic mass is 9.80. The molecule has 1 atom stereocenters. The maximum Gasteiger partial charge on any atom is 0.316 e. The van der Waals surface area contributed by atoms with E-state index in [1.807, 2.05) is 18.2 Å². The van der Waals surface area contributed by atoms with Crippen molar-refractivity contribution in [2.75, 3.05) is 13.1 Å². The second kappa shape index (κ2) is 5.01. The van der Waals surface area contributed by atoms with Crippen LogP contribution < -0.4 is 0 Å². The Morgan fingerprint density at radius 1 is 1.29 bits per heavy atom. The Hall–Kier alpha value is -2.70. The van der Waals surface area contributed by atoms with Crippen LogP contribution in [0.3, 0.4) is 0 Å². The van der Waals surface area contributed by atoms with E-state index in [1.165, 1.54) is 11.1 Å². The minimum absolute atomic E-state index is 0.137. The molecule has 1 amide bonds. The average molecular weight is 286 g/mol. The first-order valence-corrected chi connectivity index (χ1v) is 6.57. The molecule has 1 saturated heterocycles. The highest BCUT2D eigenvalue weighted by molar-refractivity contribution is 5.93. The van der Waals surface area contributed by atoms with Gasteiger partial charge in [0.25, 0.3) is 5.91 Å². The number of hydrogen-bond acceptors (Lipinski definition) is 4. The fourth-order valence-electron chi connectivity index (χ4n) is 2.74. The van der Waals surface area contributed by atoms with Gasteiger partial charge in [-0.25, -0.2) is 0 Å². The molecule has 0 bridgehead atoms. The molecule has 7 heteroatoms. The van der Waals surface area contributed by atoms with E-state index >= 15 is 0 Å². The number of aliphatic carboxylic acids is 1. The number of H-pyrrole nitrogens is 1. The number of hydrogen-bond donors (Lipinski definition) is 2. The molecule has 3 rings (SSSR count). The molecule has 7 nitrogen and oxygen atoms in total. The Kier molecular flexibility index (Phi) is 3.17. The summed E-state index contributed by atoms with van der Waals surface area (Å²) >= 11 is 0. The van der Waals surface area contributed by atoms with Crippen LogP contribution in [0.25, 0.3) is 0 Å². The number of carbonyl (C=O) groups is 2. The summed E-state index contributed by atoms with van der Waals surface area (Å²) in [5.41, 5.74) is -0.141. The molecule has 1 aliphatic rings. The van der Waals surface area contributed by atoms with Crippen molar-refractivity contribution in [2.24, 2.45) is 0 Å². The topological polar surface area (TPSA) is 99.2 Å². The summed E-state index contributed by atoms with van der Waals surface area (Å²) in [6.07, 6.45) is 1.72. The monoisotopic (exact) mass is 286 g/mol. The predicted octanol–water partition coefficient (Wildman–Crippen LogP) is 0.673. The Labute approximate surface area is 120 Å². The SMILES string of the molecule is O=C(c1cn[nH]n1)N1CCC(C(=O)O)(c2ccccc2)C1. The molecule has 2 heterocycles. The molecule has 0 aliphatic carbocycles. The number of nitrogens with one attached hydrogen (secondary N) is 1. The quantitative estimate of drug-likeness (QED) is 0.864. The van der Waals surface area contributed by atoms with Crippen LogP contribution in [0.2, 0.25) is 0 Å². The highest BCUT2D eigenvalue weighted by atomic mass is 16.4. The highest BCUT2D eigenvalue weighted by Gasteiger charge is 2.47. The molecule has 0 spiro atoms. The number of benzene rings is 1. The van der Waals surface area contributed by atoms with Gasteiger partial charge in [0.15, 0.2) is 5.69 Å². The molecule has 1 aromatic heterocycles. The molecule has 1 aromatic carbocycles. The van der Waals surface area contributed by atoms with Crippen LogP contribution in [0.4, 0.5) is 0 Å². The van der Waals surface area contributed by atoms with E-state index in [-0.39, 0.29) is 18.1 Å². The maximum atomic E-state index is 12.3. The number of rotatable bonds is 3. The van der Waals surface area contributed by atoms with Gasteiger partial charge in [0.05, 0.1) is 6.20 Å². The van der Waals surface area contributed by atoms with E-state index in [1.54, 1.807) is 12.1 Å². The fourth-order valence-corrected chi connectivity index (χ4v) is 2.74. The van der Waals surface area contributed by atoms with Gasteiger partial charge in [-0.05, 0) is 12.0 Å². The van der Waals surface area contributed by atoms with Crippen LogP contribution in [0.1, 0.15) is 22.5 Å². The van der Waals surface area contributed by atoms with Gasteiger partial charge in [0.1, 0.15) is 5.41 Å². The molecule has 2 aromatic rings. The molecule has 2 N–H and O–H groups in total. The van der Waals surface area contributed by atoms with Crippen LogP contribution in [0.15, 0.2) is 36.5 Å². The number of carboxylic acid groups (broad SMARTS) is 1. The zero-order valence-electron chi connectivity index (χ0n) is 11.2. The molecule has 0 radical (unpaired) electrons. The normalized spacial score (nSPS) is 21.4. The first-order valence-electron chi connectivity index (χ1n) is 6.57. The van der Waals surface area contributed by atoms with Crippen molar-refractivity contribution in [1.82, 2.24) is 20.3 Å². The Balaban J connectivity index is 1.89. The van der Waals surface area contributed by atoms with Crippen LogP contribution in [0.5, 0.6) is 0 Å². The van der Waals surface area contributed by atoms with Crippen LogP contribution >= 0.6 is 0 Å². The molecule has 21 heavy (non-hydrogen) atoms. The molecule has 108 valence electrons. The second-order valence-electron chi connectivity index (χ2n) is 5.09. The van der Waals surface area contributed by atoms with Gasteiger partial charge in [0.2, 0.25) is 0 Å². The average Bonchev–Trinajstić information content (AvgIpc) is 3.18. The van der Waals surface area contributed by atoms with Gasteiger partial charge in [-0.3, -0.25) is 9.59 Å². The minimum Gasteiger partial charge on any atom is -0.481 e. The lowest BCUT2D eigenvalue weighted by Gasteiger charge is -2.25. The van der Waals surface area contributed by atoms with E-state index in [9.17, 15) is 14.7 Å². The molecular formula is C14H14N4O3. The fraction of sp³-hybridized carbons (Fsp3) is 0.286. The van der Waals surface area contributed by atoms with Gasteiger partial charge in [0, 0.05) is 13.1 Å². The van der Waals surface area contributed by atoms with Gasteiger partial charge >= 0.3 is 5.97 Å². The first-order chi connectivity index (χ1) is 10.1. The second-order valence-corrected chi connectivity index (χ2v) is 5.09. The smallest absolute Gasteiger partial charge is 0.316 e. The van der Waals surface area contributed by atoms with Crippen molar-refractivity contribution in [2.45, 2.75) is 11.8 Å². The number of carbonyl (C=O) groups excluding carboxylic acids is 1. The zero-order valence-corrected chi connectivity index (χ0v) is 11.2. The van der Waals surface area contributed by atoms with Gasteiger partial charge in [-0.2, -0.15) is 15.4 Å². The highest BCUT2D eigenvalue weighted by Crippen LogP contribution is 2.35. The molecule has 1 unspecified atom stereocenters. The third kappa shape index (κ3) is 2.16. The molecule has 1 aliphatic heterocycles. The van der Waals surface area contributed by atoms with Crippen LogP contribution in [0, 0.1) is 0 Å². The summed E-state index contributed by atoms with van der Waals surface area (Å²) in [7, 11) is 0. The third-order valence-corrected chi connectivity index (χ3v) is 3.93. The molecule has 1 fully saturated rings. The zero-order chi connectivity index (χ0) is 14.9. The van der Waals surface area contributed by atoms with Crippen molar-refractivity contribution >= 4 is 11.9 Å². The van der Waals surface area contributed by atoms with E-state index in [4.69, 9.17) is 0 Å². The summed E-state index contributed by atoms with van der Waals surface area (Å²) in [6.45, 7) is 0.519. The van der Waals surface area contributed by atoms with Gasteiger partial charge in [-0.15, -0.1) is 0 Å². The van der Waals surface area contributed by atoms with E-state index in [2.05, 4.69) is 15.4 Å². The van der Waals surface area contributed by atoms with Gasteiger partial charge < -0.3 is 10.0 Å². The number of likely N-dealkylation sites (tertiary alicyclic amines) is 1. The summed E-state index contributed by atoms with van der Waals surface area (Å²) in [5, 5.41) is 19.4. The Morgan fingerprint density at radius 3 is 2.67 bits per heavy atom. The molecule has 0 saturated carbocycles. The van der Waals surface area contributed by atoms with E-state index < -0.39 is 11.4 Å². The van der Waals surface area contributed by atoms with Crippen LogP contribution in [-0.2, 0) is 10.2 Å². The Morgan fingerprint density at radius 2 is 2.05 bits per heavy atom. The number of nitrogens with zero attached hydrogens (tertiary/aromatic N) is 3. The summed E-state index contributed by atoms with van der Waals surface area (Å²) < 4.78 is 0. The summed E-state index contributed by atoms with van der Waals surface area (Å²) in [4.78, 5) is 25.6. The lowest BCUT2D eigenvalue weighted by molar-refractivity contribution is -0.143. The lowest BCUT2D eigenvalue weighted by Crippen LogP contribution is -2.40. The standard InChI is InChI=1S/C14H14N4O3/c19-12(11-8-15-17-16-11)18-7-6-14(9-18,13(20)21)10-4-2-1-3-5-10/h1-5,8H,6-7,9H2,(H,20,21)(H,15,16,17). The number of aromatic amines is 1. The van der Waals surface area contributed by atoms with Crippen molar-refractivity contribution in [3.05, 3.63) is 47.8 Å². The summed E-state index contributed by atoms with van der Waals surface area (Å²) in [5.74, 6) is -1.22. The minimum atomic E-state index is -1.05. The van der Waals surface area contributed by atoms with Crippen LogP contribution in [-0.4, -0.2) is 50.4 Å². The van der Waals surface area contributed by atoms with Crippen molar-refractivity contribution < 1.29 is 14.7 Å². The maximum absolute atomic E-state index is 12.3. The summed E-state index contributed by atoms with van der Waals surface area (Å²) in [6, 6.07) is 9.03. The van der Waals surface area contributed by atoms with Gasteiger partial charge in [-0.1, -0.05) is 30.3 Å². The largest absolute Gasteiger partial charge is 0.481 e.